The summed E-state index contributed by atoms with van der Waals surface area (Å²) >= 11 is 0. The van der Waals surface area contributed by atoms with Crippen LogP contribution in [0.25, 0.3) is 5.69 Å². The Balaban J connectivity index is 1.63. The van der Waals surface area contributed by atoms with Crippen LogP contribution in [0.15, 0.2) is 30.3 Å². The fraction of sp³-hybridized carbons (Fsp3) is 0.526. The molecular formula is C19H24N4O2. The van der Waals surface area contributed by atoms with Crippen molar-refractivity contribution in [3.63, 3.8) is 0 Å². The van der Waals surface area contributed by atoms with E-state index in [9.17, 15) is 9.90 Å². The molecule has 1 saturated heterocycles. The van der Waals surface area contributed by atoms with Crippen molar-refractivity contribution in [2.45, 2.75) is 57.1 Å². The molecule has 25 heavy (non-hydrogen) atoms. The molecule has 2 aromatic rings. The molecular weight excluding hydrogens is 316 g/mol. The van der Waals surface area contributed by atoms with Crippen molar-refractivity contribution in [1.29, 1.82) is 0 Å². The van der Waals surface area contributed by atoms with Gasteiger partial charge < -0.3 is 10.0 Å². The third-order valence-corrected chi connectivity index (χ3v) is 5.02. The lowest BCUT2D eigenvalue weighted by Gasteiger charge is -2.24. The molecule has 1 aromatic heterocycles. The highest BCUT2D eigenvalue weighted by Crippen LogP contribution is 2.40. The molecule has 6 nitrogen and oxygen atoms in total. The molecule has 1 saturated carbocycles. The van der Waals surface area contributed by atoms with Crippen LogP contribution in [0, 0.1) is 0 Å². The fourth-order valence-corrected chi connectivity index (χ4v) is 3.65. The minimum Gasteiger partial charge on any atom is -0.393 e. The third-order valence-electron chi connectivity index (χ3n) is 5.02. The number of aromatic nitrogens is 3. The van der Waals surface area contributed by atoms with Gasteiger partial charge in [0.15, 0.2) is 0 Å². The van der Waals surface area contributed by atoms with Crippen molar-refractivity contribution in [2.24, 2.45) is 0 Å². The van der Waals surface area contributed by atoms with E-state index in [2.05, 4.69) is 10.1 Å². The Morgan fingerprint density at radius 2 is 2.04 bits per heavy atom. The highest BCUT2D eigenvalue weighted by molar-refractivity contribution is 5.91. The molecule has 4 rings (SSSR count). The van der Waals surface area contributed by atoms with Gasteiger partial charge >= 0.3 is 0 Å². The van der Waals surface area contributed by atoms with Gasteiger partial charge in [-0.2, -0.15) is 0 Å². The SMILES string of the molecule is CC(O)CC1CCCN1C(=O)c1nc(C2CC2)n(-c2ccccc2)n1. The van der Waals surface area contributed by atoms with Gasteiger partial charge in [-0.25, -0.2) is 9.67 Å². The summed E-state index contributed by atoms with van der Waals surface area (Å²) in [5.41, 5.74) is 0.943. The topological polar surface area (TPSA) is 71.2 Å². The van der Waals surface area contributed by atoms with Crippen molar-refractivity contribution >= 4 is 5.91 Å². The molecule has 0 bridgehead atoms. The van der Waals surface area contributed by atoms with E-state index in [1.165, 1.54) is 0 Å². The minimum atomic E-state index is -0.407. The Morgan fingerprint density at radius 3 is 2.72 bits per heavy atom. The molecule has 1 N–H and O–H groups in total. The van der Waals surface area contributed by atoms with E-state index < -0.39 is 6.10 Å². The molecule has 6 heteroatoms. The van der Waals surface area contributed by atoms with Crippen LogP contribution >= 0.6 is 0 Å². The predicted octanol–water partition coefficient (Wildman–Crippen LogP) is 2.52. The Bertz CT molecular complexity index is 752. The second-order valence-corrected chi connectivity index (χ2v) is 7.19. The molecule has 0 spiro atoms. The van der Waals surface area contributed by atoms with Gasteiger partial charge in [0.05, 0.1) is 11.8 Å². The molecule has 1 amide bonds. The number of aliphatic hydroxyl groups excluding tert-OH is 1. The highest BCUT2D eigenvalue weighted by Gasteiger charge is 2.35. The Kier molecular flexibility index (Phi) is 4.29. The summed E-state index contributed by atoms with van der Waals surface area (Å²) in [5, 5.41) is 14.2. The standard InChI is InChI=1S/C19H24N4O2/c1-13(24)12-16-8-5-11-22(16)19(25)17-20-18(14-9-10-14)23(21-17)15-6-3-2-4-7-15/h2-4,6-7,13-14,16,24H,5,8-12H2,1H3. The first kappa shape index (κ1) is 16.3. The van der Waals surface area contributed by atoms with Crippen LogP contribution in [0.3, 0.4) is 0 Å². The zero-order valence-electron chi connectivity index (χ0n) is 14.5. The van der Waals surface area contributed by atoms with E-state index in [0.717, 1.165) is 43.7 Å². The highest BCUT2D eigenvalue weighted by atomic mass is 16.3. The Morgan fingerprint density at radius 1 is 1.28 bits per heavy atom. The van der Waals surface area contributed by atoms with E-state index in [1.807, 2.05) is 39.9 Å². The van der Waals surface area contributed by atoms with Gasteiger partial charge in [-0.15, -0.1) is 5.10 Å². The van der Waals surface area contributed by atoms with Gasteiger partial charge in [-0.05, 0) is 51.2 Å². The summed E-state index contributed by atoms with van der Waals surface area (Å²) in [6, 6.07) is 9.96. The van der Waals surface area contributed by atoms with Gasteiger partial charge in [0.2, 0.25) is 5.82 Å². The van der Waals surface area contributed by atoms with Gasteiger partial charge in [-0.1, -0.05) is 18.2 Å². The lowest BCUT2D eigenvalue weighted by atomic mass is 10.1. The molecule has 1 aromatic carbocycles. The van der Waals surface area contributed by atoms with Crippen molar-refractivity contribution < 1.29 is 9.90 Å². The number of rotatable bonds is 5. The summed E-state index contributed by atoms with van der Waals surface area (Å²) < 4.78 is 1.82. The molecule has 1 aliphatic heterocycles. The molecule has 2 heterocycles. The molecule has 1 aliphatic carbocycles. The fourth-order valence-electron chi connectivity index (χ4n) is 3.65. The van der Waals surface area contributed by atoms with Gasteiger partial charge in [-0.3, -0.25) is 4.79 Å². The van der Waals surface area contributed by atoms with E-state index in [-0.39, 0.29) is 17.8 Å². The zero-order chi connectivity index (χ0) is 17.4. The summed E-state index contributed by atoms with van der Waals surface area (Å²) in [6.45, 7) is 2.49. The maximum absolute atomic E-state index is 13.0. The zero-order valence-corrected chi connectivity index (χ0v) is 14.5. The first-order valence-electron chi connectivity index (χ1n) is 9.15. The number of para-hydroxylation sites is 1. The first-order valence-corrected chi connectivity index (χ1v) is 9.15. The number of carbonyl (C=O) groups excluding carboxylic acids is 1. The number of amides is 1. The van der Waals surface area contributed by atoms with Crippen LogP contribution in [0.4, 0.5) is 0 Å². The van der Waals surface area contributed by atoms with Crippen LogP contribution in [0.2, 0.25) is 0 Å². The van der Waals surface area contributed by atoms with Crippen molar-refractivity contribution in [2.75, 3.05) is 6.54 Å². The van der Waals surface area contributed by atoms with Crippen LogP contribution < -0.4 is 0 Å². The number of nitrogens with zero attached hydrogens (tertiary/aromatic N) is 4. The molecule has 2 aliphatic rings. The maximum atomic E-state index is 13.0. The van der Waals surface area contributed by atoms with E-state index >= 15 is 0 Å². The van der Waals surface area contributed by atoms with Crippen molar-refractivity contribution in [1.82, 2.24) is 19.7 Å². The molecule has 0 radical (unpaired) electrons. The third kappa shape index (κ3) is 3.31. The van der Waals surface area contributed by atoms with E-state index in [1.54, 1.807) is 6.92 Å². The Labute approximate surface area is 147 Å². The van der Waals surface area contributed by atoms with Crippen LogP contribution in [0.5, 0.6) is 0 Å². The molecule has 2 fully saturated rings. The maximum Gasteiger partial charge on any atom is 0.293 e. The summed E-state index contributed by atoms with van der Waals surface area (Å²) in [5.74, 6) is 1.46. The molecule has 2 atom stereocenters. The van der Waals surface area contributed by atoms with E-state index in [0.29, 0.717) is 12.3 Å². The lowest BCUT2D eigenvalue weighted by Crippen LogP contribution is -2.37. The smallest absolute Gasteiger partial charge is 0.293 e. The second kappa shape index (κ2) is 6.59. The summed E-state index contributed by atoms with van der Waals surface area (Å²) in [6.07, 6.45) is 4.32. The van der Waals surface area contributed by atoms with Gasteiger partial charge in [0, 0.05) is 18.5 Å². The van der Waals surface area contributed by atoms with Crippen LogP contribution in [-0.2, 0) is 0 Å². The number of likely N-dealkylation sites (tertiary alicyclic amines) is 1. The number of carbonyl (C=O) groups is 1. The second-order valence-electron chi connectivity index (χ2n) is 7.19. The minimum absolute atomic E-state index is 0.0838. The number of hydrogen-bond acceptors (Lipinski definition) is 4. The Hall–Kier alpha value is -2.21. The molecule has 2 unspecified atom stereocenters. The average molecular weight is 340 g/mol. The normalized spacial score (nSPS) is 21.5. The number of hydrogen-bond donors (Lipinski definition) is 1. The lowest BCUT2D eigenvalue weighted by molar-refractivity contribution is 0.0670. The van der Waals surface area contributed by atoms with Crippen molar-refractivity contribution in [3.8, 4) is 5.69 Å². The average Bonchev–Trinajstić information content (AvgIpc) is 3.19. The van der Waals surface area contributed by atoms with Crippen LogP contribution in [-0.4, -0.2) is 49.4 Å². The van der Waals surface area contributed by atoms with E-state index in [4.69, 9.17) is 0 Å². The van der Waals surface area contributed by atoms with Gasteiger partial charge in [0.25, 0.3) is 5.91 Å². The van der Waals surface area contributed by atoms with Crippen LogP contribution in [0.1, 0.15) is 61.4 Å². The predicted molar refractivity (Wildman–Crippen MR) is 93.7 cm³/mol. The van der Waals surface area contributed by atoms with Crippen molar-refractivity contribution in [3.05, 3.63) is 42.0 Å². The summed E-state index contributed by atoms with van der Waals surface area (Å²) in [4.78, 5) is 19.4. The quantitative estimate of drug-likeness (QED) is 0.908. The number of benzene rings is 1. The molecule has 132 valence electrons. The monoisotopic (exact) mass is 340 g/mol. The largest absolute Gasteiger partial charge is 0.393 e. The van der Waals surface area contributed by atoms with Gasteiger partial charge in [0.1, 0.15) is 5.82 Å². The first-order chi connectivity index (χ1) is 12.1. The summed E-state index contributed by atoms with van der Waals surface area (Å²) in [7, 11) is 0. The number of aliphatic hydroxyl groups is 1.